The van der Waals surface area contributed by atoms with Gasteiger partial charge < -0.3 is 9.47 Å². The predicted molar refractivity (Wildman–Crippen MR) is 109 cm³/mol. The number of hydrogen-bond donors (Lipinski definition) is 0. The van der Waals surface area contributed by atoms with Crippen molar-refractivity contribution in [2.75, 3.05) is 6.79 Å². The minimum atomic E-state index is -4.40. The summed E-state index contributed by atoms with van der Waals surface area (Å²) in [4.78, 5) is 17.9. The third-order valence-corrected chi connectivity index (χ3v) is 5.61. The molecule has 0 atom stereocenters. The molecule has 2 heterocycles. The molecule has 1 aliphatic rings. The van der Waals surface area contributed by atoms with Crippen molar-refractivity contribution in [1.29, 1.82) is 0 Å². The maximum atomic E-state index is 13.1. The topological polar surface area (TPSA) is 51.7 Å². The number of thiazole rings is 1. The van der Waals surface area contributed by atoms with E-state index in [0.29, 0.717) is 35.8 Å². The molecule has 31 heavy (non-hydrogen) atoms. The van der Waals surface area contributed by atoms with Crippen molar-refractivity contribution in [3.05, 3.63) is 75.2 Å². The summed E-state index contributed by atoms with van der Waals surface area (Å²) in [5.41, 5.74) is 1.18. The number of hydrogen-bond acceptors (Lipinski definition) is 6. The third-order valence-electron chi connectivity index (χ3n) is 4.77. The number of ether oxygens (including phenoxy) is 2. The van der Waals surface area contributed by atoms with E-state index in [1.54, 1.807) is 11.4 Å². The largest absolute Gasteiger partial charge is 0.454 e. The Bertz CT molecular complexity index is 1100. The van der Waals surface area contributed by atoms with Gasteiger partial charge in [0.25, 0.3) is 0 Å². The number of fused-ring (bicyclic) bond motifs is 1. The van der Waals surface area contributed by atoms with Gasteiger partial charge in [0.15, 0.2) is 17.3 Å². The second kappa shape index (κ2) is 8.68. The van der Waals surface area contributed by atoms with Crippen molar-refractivity contribution < 1.29 is 27.4 Å². The molecule has 3 aromatic rings. The summed E-state index contributed by atoms with van der Waals surface area (Å²) in [5.74, 6) is 1.19. The van der Waals surface area contributed by atoms with E-state index in [-0.39, 0.29) is 19.1 Å². The quantitative estimate of drug-likeness (QED) is 0.460. The highest BCUT2D eigenvalue weighted by Gasteiger charge is 2.30. The van der Waals surface area contributed by atoms with E-state index < -0.39 is 11.7 Å². The minimum absolute atomic E-state index is 0.123. The minimum Gasteiger partial charge on any atom is -0.454 e. The molecule has 0 bridgehead atoms. The van der Waals surface area contributed by atoms with Crippen LogP contribution in [0.4, 0.5) is 13.2 Å². The second-order valence-electron chi connectivity index (χ2n) is 7.21. The van der Waals surface area contributed by atoms with Crippen molar-refractivity contribution in [3.63, 3.8) is 0 Å². The number of ketones is 1. The first-order valence-electron chi connectivity index (χ1n) is 9.50. The number of benzene rings is 2. The Kier molecular flexibility index (Phi) is 5.97. The number of nitrogens with zero attached hydrogens (tertiary/aromatic N) is 2. The molecule has 0 amide bonds. The predicted octanol–water partition coefficient (Wildman–Crippen LogP) is 5.30. The molecule has 0 spiro atoms. The molecule has 2 aromatic carbocycles. The van der Waals surface area contributed by atoms with Crippen LogP contribution in [0, 0.1) is 0 Å². The molecule has 0 radical (unpaired) electrons. The van der Waals surface area contributed by atoms with Crippen molar-refractivity contribution >= 4 is 17.1 Å². The van der Waals surface area contributed by atoms with E-state index in [1.165, 1.54) is 24.3 Å². The van der Waals surface area contributed by atoms with Gasteiger partial charge in [0.1, 0.15) is 10.7 Å². The van der Waals surface area contributed by atoms with Gasteiger partial charge in [0, 0.05) is 25.4 Å². The summed E-state index contributed by atoms with van der Waals surface area (Å²) in [6, 6.07) is 10.9. The highest BCUT2D eigenvalue weighted by atomic mass is 32.1. The molecule has 162 valence electrons. The lowest BCUT2D eigenvalue weighted by atomic mass is 10.1. The number of Topliss-reactive ketones (excluding diaryl/α,β-unsaturated/α-hetero) is 1. The zero-order chi connectivity index (χ0) is 22.0. The van der Waals surface area contributed by atoms with Crippen LogP contribution in [0.15, 0.2) is 47.8 Å². The molecular formula is C22H19F3N2O3S. The summed E-state index contributed by atoms with van der Waals surface area (Å²) < 4.78 is 50.1. The van der Waals surface area contributed by atoms with E-state index >= 15 is 0 Å². The Labute approximate surface area is 181 Å². The highest BCUT2D eigenvalue weighted by Crippen LogP contribution is 2.33. The molecule has 1 aliphatic heterocycles. The summed E-state index contributed by atoms with van der Waals surface area (Å²) in [7, 11) is 0. The zero-order valence-electron chi connectivity index (χ0n) is 16.6. The van der Waals surface area contributed by atoms with E-state index in [1.807, 2.05) is 23.1 Å². The molecule has 4 rings (SSSR count). The SMILES string of the molecule is CC(=O)c1csc(CN(Cc2cccc(C(F)(F)F)c2)Cc2ccc3c(c2)OCO3)n1. The van der Waals surface area contributed by atoms with Crippen LogP contribution in [-0.2, 0) is 25.8 Å². The first-order chi connectivity index (χ1) is 14.8. The molecule has 0 N–H and O–H groups in total. The molecule has 9 heteroatoms. The maximum Gasteiger partial charge on any atom is 0.416 e. The molecule has 0 fully saturated rings. The number of halogens is 3. The Morgan fingerprint density at radius 1 is 1.06 bits per heavy atom. The summed E-state index contributed by atoms with van der Waals surface area (Å²) in [6.45, 7) is 2.75. The van der Waals surface area contributed by atoms with E-state index in [2.05, 4.69) is 4.98 Å². The Balaban J connectivity index is 1.58. The van der Waals surface area contributed by atoms with Crippen LogP contribution < -0.4 is 9.47 Å². The normalized spacial score (nSPS) is 13.1. The monoisotopic (exact) mass is 448 g/mol. The van der Waals surface area contributed by atoms with Gasteiger partial charge in [-0.25, -0.2) is 4.98 Å². The zero-order valence-corrected chi connectivity index (χ0v) is 17.4. The molecule has 0 aliphatic carbocycles. The van der Waals surface area contributed by atoms with Gasteiger partial charge in [0.05, 0.1) is 12.1 Å². The molecule has 0 saturated carbocycles. The van der Waals surface area contributed by atoms with Crippen LogP contribution >= 0.6 is 11.3 Å². The number of carbonyl (C=O) groups is 1. The Hall–Kier alpha value is -2.91. The number of carbonyl (C=O) groups excluding carboxylic acids is 1. The van der Waals surface area contributed by atoms with Crippen molar-refractivity contribution in [3.8, 4) is 11.5 Å². The molecule has 5 nitrogen and oxygen atoms in total. The second-order valence-corrected chi connectivity index (χ2v) is 8.16. The average molecular weight is 448 g/mol. The first kappa shape index (κ1) is 21.3. The standard InChI is InChI=1S/C22H19F3N2O3S/c1-14(28)18-12-31-21(26-18)11-27(9-15-3-2-4-17(7-15)22(23,24)25)10-16-5-6-19-20(8-16)30-13-29-19/h2-8,12H,9-11,13H2,1H3. The van der Waals surface area contributed by atoms with Crippen LogP contribution in [-0.4, -0.2) is 22.5 Å². The van der Waals surface area contributed by atoms with E-state index in [4.69, 9.17) is 9.47 Å². The fraction of sp³-hybridized carbons (Fsp3) is 0.273. The van der Waals surface area contributed by atoms with Crippen LogP contribution in [0.2, 0.25) is 0 Å². The van der Waals surface area contributed by atoms with Crippen LogP contribution in [0.3, 0.4) is 0 Å². The van der Waals surface area contributed by atoms with Crippen molar-refractivity contribution in [2.45, 2.75) is 32.7 Å². The van der Waals surface area contributed by atoms with Gasteiger partial charge in [-0.1, -0.05) is 24.3 Å². The summed E-state index contributed by atoms with van der Waals surface area (Å²) >= 11 is 1.36. The maximum absolute atomic E-state index is 13.1. The average Bonchev–Trinajstić information content (AvgIpc) is 3.36. The summed E-state index contributed by atoms with van der Waals surface area (Å²) in [6.07, 6.45) is -4.40. The van der Waals surface area contributed by atoms with E-state index in [9.17, 15) is 18.0 Å². The van der Waals surface area contributed by atoms with Gasteiger partial charge >= 0.3 is 6.18 Å². The molecule has 0 saturated heterocycles. The van der Waals surface area contributed by atoms with Crippen LogP contribution in [0.25, 0.3) is 0 Å². The van der Waals surface area contributed by atoms with Gasteiger partial charge in [-0.2, -0.15) is 13.2 Å². The third kappa shape index (κ3) is 5.23. The number of aromatic nitrogens is 1. The van der Waals surface area contributed by atoms with Gasteiger partial charge in [0.2, 0.25) is 6.79 Å². The van der Waals surface area contributed by atoms with Crippen molar-refractivity contribution in [1.82, 2.24) is 9.88 Å². The lowest BCUT2D eigenvalue weighted by Crippen LogP contribution is -2.22. The van der Waals surface area contributed by atoms with Gasteiger partial charge in [-0.05, 0) is 29.3 Å². The fourth-order valence-corrected chi connectivity index (χ4v) is 4.18. The summed E-state index contributed by atoms with van der Waals surface area (Å²) in [5, 5.41) is 2.42. The first-order valence-corrected chi connectivity index (χ1v) is 10.4. The highest BCUT2D eigenvalue weighted by molar-refractivity contribution is 7.09. The lowest BCUT2D eigenvalue weighted by Gasteiger charge is -2.22. The Morgan fingerprint density at radius 2 is 1.81 bits per heavy atom. The van der Waals surface area contributed by atoms with Gasteiger partial charge in [-0.15, -0.1) is 11.3 Å². The van der Waals surface area contributed by atoms with Crippen LogP contribution in [0.1, 0.15) is 39.1 Å². The molecule has 1 aromatic heterocycles. The van der Waals surface area contributed by atoms with E-state index in [0.717, 1.165) is 22.7 Å². The van der Waals surface area contributed by atoms with Crippen LogP contribution in [0.5, 0.6) is 11.5 Å². The lowest BCUT2D eigenvalue weighted by molar-refractivity contribution is -0.137. The van der Waals surface area contributed by atoms with Crippen molar-refractivity contribution in [2.24, 2.45) is 0 Å². The Morgan fingerprint density at radius 3 is 2.52 bits per heavy atom. The number of alkyl halides is 3. The van der Waals surface area contributed by atoms with Gasteiger partial charge in [-0.3, -0.25) is 9.69 Å². The molecule has 0 unspecified atom stereocenters. The smallest absolute Gasteiger partial charge is 0.416 e. The molecular weight excluding hydrogens is 429 g/mol. The fourth-order valence-electron chi connectivity index (χ4n) is 3.31. The number of rotatable bonds is 7.